The van der Waals surface area contributed by atoms with E-state index in [4.69, 9.17) is 5.73 Å². The summed E-state index contributed by atoms with van der Waals surface area (Å²) in [6.45, 7) is 3.41. The molecule has 5 heteroatoms. The third-order valence-electron chi connectivity index (χ3n) is 4.25. The lowest BCUT2D eigenvalue weighted by atomic mass is 10.2. The van der Waals surface area contributed by atoms with Crippen LogP contribution in [0, 0.1) is 5.92 Å². The Labute approximate surface area is 124 Å². The SMILES string of the molecule is NC(=O)c1ccc(N2CCCN(C(=O)C3CC3)CC2)cc1. The molecule has 0 aromatic heterocycles. The van der Waals surface area contributed by atoms with Crippen LogP contribution in [0.5, 0.6) is 0 Å². The van der Waals surface area contributed by atoms with Gasteiger partial charge in [0.1, 0.15) is 0 Å². The molecular weight excluding hydrogens is 266 g/mol. The highest BCUT2D eigenvalue weighted by Crippen LogP contribution is 2.31. The Morgan fingerprint density at radius 3 is 2.33 bits per heavy atom. The molecule has 2 N–H and O–H groups in total. The summed E-state index contributed by atoms with van der Waals surface area (Å²) in [6.07, 6.45) is 3.11. The van der Waals surface area contributed by atoms with E-state index in [9.17, 15) is 9.59 Å². The summed E-state index contributed by atoms with van der Waals surface area (Å²) in [5.41, 5.74) is 6.87. The number of hydrogen-bond acceptors (Lipinski definition) is 3. The first-order valence-corrected chi connectivity index (χ1v) is 7.59. The molecule has 1 aromatic carbocycles. The molecule has 0 unspecified atom stereocenters. The van der Waals surface area contributed by atoms with Crippen LogP contribution in [0.25, 0.3) is 0 Å². The summed E-state index contributed by atoms with van der Waals surface area (Å²) < 4.78 is 0. The number of carbonyl (C=O) groups is 2. The summed E-state index contributed by atoms with van der Waals surface area (Å²) >= 11 is 0. The second kappa shape index (κ2) is 5.76. The van der Waals surface area contributed by atoms with E-state index >= 15 is 0 Å². The van der Waals surface area contributed by atoms with Gasteiger partial charge in [0, 0.05) is 43.3 Å². The lowest BCUT2D eigenvalue weighted by Crippen LogP contribution is -2.36. The first-order chi connectivity index (χ1) is 10.1. The van der Waals surface area contributed by atoms with Crippen LogP contribution < -0.4 is 10.6 Å². The Balaban J connectivity index is 1.63. The Morgan fingerprint density at radius 2 is 1.71 bits per heavy atom. The van der Waals surface area contributed by atoms with E-state index in [1.807, 2.05) is 17.0 Å². The van der Waals surface area contributed by atoms with Crippen molar-refractivity contribution < 1.29 is 9.59 Å². The van der Waals surface area contributed by atoms with Crippen molar-refractivity contribution >= 4 is 17.5 Å². The average molecular weight is 287 g/mol. The van der Waals surface area contributed by atoms with Crippen LogP contribution in [0.2, 0.25) is 0 Å². The van der Waals surface area contributed by atoms with Crippen LogP contribution in [-0.2, 0) is 4.79 Å². The van der Waals surface area contributed by atoms with E-state index in [2.05, 4.69) is 4.90 Å². The molecule has 3 rings (SSSR count). The number of primary amides is 1. The summed E-state index contributed by atoms with van der Waals surface area (Å²) in [4.78, 5) is 27.5. The number of rotatable bonds is 3. The molecule has 0 radical (unpaired) electrons. The summed E-state index contributed by atoms with van der Waals surface area (Å²) in [5, 5.41) is 0. The summed E-state index contributed by atoms with van der Waals surface area (Å²) in [7, 11) is 0. The van der Waals surface area contributed by atoms with E-state index in [1.54, 1.807) is 12.1 Å². The molecule has 1 heterocycles. The van der Waals surface area contributed by atoms with Gasteiger partial charge in [-0.2, -0.15) is 0 Å². The summed E-state index contributed by atoms with van der Waals surface area (Å²) in [6, 6.07) is 7.38. The second-order valence-corrected chi connectivity index (χ2v) is 5.85. The molecule has 1 aliphatic carbocycles. The zero-order chi connectivity index (χ0) is 14.8. The van der Waals surface area contributed by atoms with Crippen LogP contribution in [0.4, 0.5) is 5.69 Å². The van der Waals surface area contributed by atoms with Gasteiger partial charge in [0.05, 0.1) is 0 Å². The molecule has 2 amide bonds. The minimum Gasteiger partial charge on any atom is -0.370 e. The maximum Gasteiger partial charge on any atom is 0.248 e. The fourth-order valence-electron chi connectivity index (χ4n) is 2.82. The topological polar surface area (TPSA) is 66.6 Å². The number of carbonyl (C=O) groups excluding carboxylic acids is 2. The van der Waals surface area contributed by atoms with E-state index < -0.39 is 5.91 Å². The van der Waals surface area contributed by atoms with Gasteiger partial charge in [0.2, 0.25) is 11.8 Å². The molecule has 2 aliphatic rings. The standard InChI is InChI=1S/C16H21N3O2/c17-15(20)12-4-6-14(7-5-12)18-8-1-9-19(11-10-18)16(21)13-2-3-13/h4-7,13H,1-3,8-11H2,(H2,17,20). The van der Waals surface area contributed by atoms with E-state index in [-0.39, 0.29) is 0 Å². The highest BCUT2D eigenvalue weighted by molar-refractivity contribution is 5.93. The third kappa shape index (κ3) is 3.17. The van der Waals surface area contributed by atoms with Crippen LogP contribution >= 0.6 is 0 Å². The zero-order valence-corrected chi connectivity index (χ0v) is 12.1. The van der Waals surface area contributed by atoms with Gasteiger partial charge in [-0.1, -0.05) is 0 Å². The lowest BCUT2D eigenvalue weighted by Gasteiger charge is -2.24. The van der Waals surface area contributed by atoms with Crippen molar-refractivity contribution in [1.82, 2.24) is 4.90 Å². The minimum atomic E-state index is -0.404. The van der Waals surface area contributed by atoms with Gasteiger partial charge in [-0.15, -0.1) is 0 Å². The number of hydrogen-bond donors (Lipinski definition) is 1. The predicted molar refractivity (Wildman–Crippen MR) is 81.1 cm³/mol. The lowest BCUT2D eigenvalue weighted by molar-refractivity contribution is -0.132. The van der Waals surface area contributed by atoms with Crippen molar-refractivity contribution in [2.24, 2.45) is 11.7 Å². The summed E-state index contributed by atoms with van der Waals surface area (Å²) in [5.74, 6) is 0.228. The van der Waals surface area contributed by atoms with Gasteiger partial charge >= 0.3 is 0 Å². The fourth-order valence-corrected chi connectivity index (χ4v) is 2.82. The molecular formula is C16H21N3O2. The van der Waals surface area contributed by atoms with E-state index in [1.165, 1.54) is 0 Å². The van der Waals surface area contributed by atoms with Crippen molar-refractivity contribution in [2.45, 2.75) is 19.3 Å². The number of nitrogens with zero attached hydrogens (tertiary/aromatic N) is 2. The van der Waals surface area contributed by atoms with E-state index in [0.29, 0.717) is 17.4 Å². The molecule has 1 saturated heterocycles. The number of anilines is 1. The Morgan fingerprint density at radius 1 is 1.00 bits per heavy atom. The normalized spacial score (nSPS) is 19.2. The van der Waals surface area contributed by atoms with Gasteiger partial charge in [-0.25, -0.2) is 0 Å². The molecule has 5 nitrogen and oxygen atoms in total. The Kier molecular flexibility index (Phi) is 3.82. The van der Waals surface area contributed by atoms with Crippen molar-refractivity contribution in [3.05, 3.63) is 29.8 Å². The second-order valence-electron chi connectivity index (χ2n) is 5.85. The van der Waals surface area contributed by atoms with Crippen LogP contribution in [0.15, 0.2) is 24.3 Å². The average Bonchev–Trinajstić information content (AvgIpc) is 3.33. The predicted octanol–water partition coefficient (Wildman–Crippen LogP) is 1.23. The maximum absolute atomic E-state index is 12.1. The van der Waals surface area contributed by atoms with Gasteiger partial charge in [0.15, 0.2) is 0 Å². The molecule has 0 spiro atoms. The van der Waals surface area contributed by atoms with Crippen LogP contribution in [0.1, 0.15) is 29.6 Å². The third-order valence-corrected chi connectivity index (χ3v) is 4.25. The van der Waals surface area contributed by atoms with Gasteiger partial charge in [-0.05, 0) is 43.5 Å². The van der Waals surface area contributed by atoms with Gasteiger partial charge in [0.25, 0.3) is 0 Å². The number of nitrogens with two attached hydrogens (primary N) is 1. The van der Waals surface area contributed by atoms with Crippen LogP contribution in [0.3, 0.4) is 0 Å². The first-order valence-electron chi connectivity index (χ1n) is 7.59. The van der Waals surface area contributed by atoms with Crippen molar-refractivity contribution in [2.75, 3.05) is 31.1 Å². The molecule has 0 atom stereocenters. The molecule has 1 aliphatic heterocycles. The zero-order valence-electron chi connectivity index (χ0n) is 12.1. The monoisotopic (exact) mass is 287 g/mol. The molecule has 2 fully saturated rings. The number of amides is 2. The van der Waals surface area contributed by atoms with Gasteiger partial charge < -0.3 is 15.5 Å². The molecule has 112 valence electrons. The fraction of sp³-hybridized carbons (Fsp3) is 0.500. The smallest absolute Gasteiger partial charge is 0.248 e. The van der Waals surface area contributed by atoms with Crippen molar-refractivity contribution in [1.29, 1.82) is 0 Å². The highest BCUT2D eigenvalue weighted by atomic mass is 16.2. The Bertz CT molecular complexity index is 537. The highest BCUT2D eigenvalue weighted by Gasteiger charge is 2.33. The van der Waals surface area contributed by atoms with Crippen LogP contribution in [-0.4, -0.2) is 42.9 Å². The first kappa shape index (κ1) is 13.9. The maximum atomic E-state index is 12.1. The molecule has 1 saturated carbocycles. The van der Waals surface area contributed by atoms with E-state index in [0.717, 1.165) is 51.1 Å². The minimum absolute atomic E-state index is 0.298. The largest absolute Gasteiger partial charge is 0.370 e. The van der Waals surface area contributed by atoms with Gasteiger partial charge in [-0.3, -0.25) is 9.59 Å². The van der Waals surface area contributed by atoms with Crippen molar-refractivity contribution in [3.63, 3.8) is 0 Å². The number of benzene rings is 1. The Hall–Kier alpha value is -2.04. The van der Waals surface area contributed by atoms with Crippen molar-refractivity contribution in [3.8, 4) is 0 Å². The molecule has 21 heavy (non-hydrogen) atoms. The quantitative estimate of drug-likeness (QED) is 0.909. The molecule has 1 aromatic rings. The molecule has 0 bridgehead atoms.